The monoisotopic (exact) mass is 350 g/mol. The molecule has 1 heterocycles. The minimum absolute atomic E-state index is 0.157. The molecule has 0 bridgehead atoms. The van der Waals surface area contributed by atoms with Gasteiger partial charge in [-0.25, -0.2) is 9.67 Å². The fraction of sp³-hybridized carbons (Fsp3) is 0.250. The molecule has 3 aromatic rings. The normalized spacial score (nSPS) is 10.7. The van der Waals surface area contributed by atoms with Gasteiger partial charge in [0.25, 0.3) is 5.91 Å². The van der Waals surface area contributed by atoms with E-state index in [0.29, 0.717) is 19.0 Å². The standard InChI is InChI=1S/C20H22N4O2/c1-15-9-6-7-12-17(15)24-19(16-10-4-3-5-11-16)22-18(23-24)20(25)21-13-8-14-26-2/h3-7,9-12H,8,13-14H2,1-2H3,(H,21,25). The molecule has 134 valence electrons. The first-order chi connectivity index (χ1) is 12.7. The number of carbonyl (C=O) groups excluding carboxylic acids is 1. The quantitative estimate of drug-likeness (QED) is 0.665. The van der Waals surface area contributed by atoms with Gasteiger partial charge in [0, 0.05) is 25.8 Å². The number of hydrogen-bond donors (Lipinski definition) is 1. The van der Waals surface area contributed by atoms with E-state index in [9.17, 15) is 4.79 Å². The van der Waals surface area contributed by atoms with Crippen LogP contribution in [0.4, 0.5) is 0 Å². The third kappa shape index (κ3) is 3.97. The zero-order chi connectivity index (χ0) is 18.4. The molecule has 0 unspecified atom stereocenters. The van der Waals surface area contributed by atoms with E-state index >= 15 is 0 Å². The van der Waals surface area contributed by atoms with Crippen LogP contribution in [-0.4, -0.2) is 40.9 Å². The van der Waals surface area contributed by atoms with Crippen molar-refractivity contribution >= 4 is 5.91 Å². The van der Waals surface area contributed by atoms with Gasteiger partial charge in [0.2, 0.25) is 5.82 Å². The van der Waals surface area contributed by atoms with Gasteiger partial charge in [-0.05, 0) is 25.0 Å². The van der Waals surface area contributed by atoms with Gasteiger partial charge in [0.15, 0.2) is 5.82 Å². The molecule has 0 fully saturated rings. The summed E-state index contributed by atoms with van der Waals surface area (Å²) in [4.78, 5) is 16.9. The molecule has 2 aromatic carbocycles. The summed E-state index contributed by atoms with van der Waals surface area (Å²) in [5.41, 5.74) is 2.86. The average molecular weight is 350 g/mol. The van der Waals surface area contributed by atoms with Crippen LogP contribution in [0.15, 0.2) is 54.6 Å². The van der Waals surface area contributed by atoms with Gasteiger partial charge in [-0.15, -0.1) is 5.10 Å². The molecule has 6 nitrogen and oxygen atoms in total. The van der Waals surface area contributed by atoms with Crippen molar-refractivity contribution in [3.63, 3.8) is 0 Å². The molecule has 6 heteroatoms. The first kappa shape index (κ1) is 17.8. The highest BCUT2D eigenvalue weighted by Crippen LogP contribution is 2.22. The number of aromatic nitrogens is 3. The number of amides is 1. The highest BCUT2D eigenvalue weighted by molar-refractivity contribution is 5.91. The van der Waals surface area contributed by atoms with E-state index in [1.165, 1.54) is 0 Å². The van der Waals surface area contributed by atoms with Gasteiger partial charge in [-0.3, -0.25) is 4.79 Å². The topological polar surface area (TPSA) is 69.0 Å². The fourth-order valence-electron chi connectivity index (χ4n) is 2.65. The van der Waals surface area contributed by atoms with Crippen LogP contribution < -0.4 is 5.32 Å². The van der Waals surface area contributed by atoms with Crippen molar-refractivity contribution in [2.24, 2.45) is 0 Å². The summed E-state index contributed by atoms with van der Waals surface area (Å²) < 4.78 is 6.73. The van der Waals surface area contributed by atoms with Crippen LogP contribution in [0.3, 0.4) is 0 Å². The molecule has 26 heavy (non-hydrogen) atoms. The molecule has 1 amide bonds. The number of rotatable bonds is 7. The molecule has 3 rings (SSSR count). The van der Waals surface area contributed by atoms with E-state index < -0.39 is 0 Å². The Kier molecular flexibility index (Phi) is 5.76. The third-order valence-electron chi connectivity index (χ3n) is 4.00. The first-order valence-electron chi connectivity index (χ1n) is 8.56. The summed E-state index contributed by atoms with van der Waals surface area (Å²) in [7, 11) is 1.64. The van der Waals surface area contributed by atoms with E-state index in [1.54, 1.807) is 11.8 Å². The highest BCUT2D eigenvalue weighted by Gasteiger charge is 2.19. The second-order valence-corrected chi connectivity index (χ2v) is 5.93. The van der Waals surface area contributed by atoms with Crippen LogP contribution >= 0.6 is 0 Å². The van der Waals surface area contributed by atoms with Crippen LogP contribution in [0.2, 0.25) is 0 Å². The lowest BCUT2D eigenvalue weighted by Gasteiger charge is -2.08. The van der Waals surface area contributed by atoms with Crippen LogP contribution in [0, 0.1) is 6.92 Å². The van der Waals surface area contributed by atoms with Crippen molar-refractivity contribution < 1.29 is 9.53 Å². The predicted octanol–water partition coefficient (Wildman–Crippen LogP) is 3.01. The van der Waals surface area contributed by atoms with E-state index in [-0.39, 0.29) is 11.7 Å². The largest absolute Gasteiger partial charge is 0.385 e. The Morgan fingerprint density at radius 2 is 1.85 bits per heavy atom. The zero-order valence-corrected chi connectivity index (χ0v) is 15.0. The maximum Gasteiger partial charge on any atom is 0.290 e. The lowest BCUT2D eigenvalue weighted by atomic mass is 10.2. The van der Waals surface area contributed by atoms with Gasteiger partial charge in [-0.2, -0.15) is 0 Å². The van der Waals surface area contributed by atoms with Crippen LogP contribution in [0.5, 0.6) is 0 Å². The Morgan fingerprint density at radius 3 is 2.58 bits per heavy atom. The molecule has 0 saturated carbocycles. The summed E-state index contributed by atoms with van der Waals surface area (Å²) in [6, 6.07) is 17.6. The first-order valence-corrected chi connectivity index (χ1v) is 8.56. The minimum atomic E-state index is -0.286. The molecule has 0 aliphatic carbocycles. The Hall–Kier alpha value is -2.99. The second kappa shape index (κ2) is 8.40. The van der Waals surface area contributed by atoms with E-state index in [1.807, 2.05) is 61.5 Å². The maximum absolute atomic E-state index is 12.4. The maximum atomic E-state index is 12.4. The van der Waals surface area contributed by atoms with E-state index in [0.717, 1.165) is 23.2 Å². The number of para-hydroxylation sites is 1. The lowest BCUT2D eigenvalue weighted by molar-refractivity contribution is 0.0938. The van der Waals surface area contributed by atoms with Gasteiger partial charge in [0.1, 0.15) is 0 Å². The van der Waals surface area contributed by atoms with Gasteiger partial charge >= 0.3 is 0 Å². The number of nitrogens with zero attached hydrogens (tertiary/aromatic N) is 3. The Balaban J connectivity index is 1.96. The van der Waals surface area contributed by atoms with Gasteiger partial charge in [-0.1, -0.05) is 48.5 Å². The molecular weight excluding hydrogens is 328 g/mol. The van der Waals surface area contributed by atoms with Crippen molar-refractivity contribution in [1.82, 2.24) is 20.1 Å². The molecule has 0 atom stereocenters. The number of methoxy groups -OCH3 is 1. The molecule has 0 saturated heterocycles. The van der Waals surface area contributed by atoms with Gasteiger partial charge in [0.05, 0.1) is 5.69 Å². The molecule has 1 aromatic heterocycles. The molecular formula is C20H22N4O2. The number of hydrogen-bond acceptors (Lipinski definition) is 4. The van der Waals surface area contributed by atoms with E-state index in [4.69, 9.17) is 4.74 Å². The van der Waals surface area contributed by atoms with Crippen LogP contribution in [-0.2, 0) is 4.74 Å². The van der Waals surface area contributed by atoms with Gasteiger partial charge < -0.3 is 10.1 Å². The summed E-state index contributed by atoms with van der Waals surface area (Å²) in [6.45, 7) is 3.13. The van der Waals surface area contributed by atoms with E-state index in [2.05, 4.69) is 15.4 Å². The summed E-state index contributed by atoms with van der Waals surface area (Å²) in [6.07, 6.45) is 0.742. The summed E-state index contributed by atoms with van der Waals surface area (Å²) in [5, 5.41) is 7.31. The highest BCUT2D eigenvalue weighted by atomic mass is 16.5. The van der Waals surface area contributed by atoms with Crippen molar-refractivity contribution in [2.75, 3.05) is 20.3 Å². The van der Waals surface area contributed by atoms with Crippen molar-refractivity contribution in [3.8, 4) is 17.1 Å². The molecule has 0 radical (unpaired) electrons. The van der Waals surface area contributed by atoms with Crippen LogP contribution in [0.1, 0.15) is 22.6 Å². The number of aryl methyl sites for hydroxylation is 1. The number of ether oxygens (including phenoxy) is 1. The zero-order valence-electron chi connectivity index (χ0n) is 15.0. The van der Waals surface area contributed by atoms with Crippen molar-refractivity contribution in [3.05, 3.63) is 66.0 Å². The number of benzene rings is 2. The molecule has 0 spiro atoms. The average Bonchev–Trinajstić information content (AvgIpc) is 3.11. The smallest absolute Gasteiger partial charge is 0.290 e. The minimum Gasteiger partial charge on any atom is -0.385 e. The summed E-state index contributed by atoms with van der Waals surface area (Å²) >= 11 is 0. The second-order valence-electron chi connectivity index (χ2n) is 5.93. The number of carbonyl (C=O) groups is 1. The fourth-order valence-corrected chi connectivity index (χ4v) is 2.65. The molecule has 1 N–H and O–H groups in total. The number of nitrogens with one attached hydrogen (secondary N) is 1. The Morgan fingerprint density at radius 1 is 1.12 bits per heavy atom. The third-order valence-corrected chi connectivity index (χ3v) is 4.00. The van der Waals surface area contributed by atoms with Crippen LogP contribution in [0.25, 0.3) is 17.1 Å². The predicted molar refractivity (Wildman–Crippen MR) is 100 cm³/mol. The molecule has 0 aliphatic heterocycles. The molecule has 0 aliphatic rings. The summed E-state index contributed by atoms with van der Waals surface area (Å²) in [5.74, 6) is 0.511. The Labute approximate surface area is 152 Å². The van der Waals surface area contributed by atoms with Crippen molar-refractivity contribution in [1.29, 1.82) is 0 Å². The Bertz CT molecular complexity index is 875. The SMILES string of the molecule is COCCCNC(=O)c1nc(-c2ccccc2)n(-c2ccccc2C)n1. The van der Waals surface area contributed by atoms with Crippen molar-refractivity contribution in [2.45, 2.75) is 13.3 Å². The lowest BCUT2D eigenvalue weighted by Crippen LogP contribution is -2.26.